The molecule has 0 unspecified atom stereocenters. The fraction of sp³-hybridized carbons (Fsp3) is 0.471. The molecule has 2 fully saturated rings. The molecular weight excluding hydrogens is 372 g/mol. The highest BCUT2D eigenvalue weighted by atomic mass is 32.2. The topological polar surface area (TPSA) is 125 Å². The lowest BCUT2D eigenvalue weighted by atomic mass is 9.87. The Balaban J connectivity index is 1.84. The molecule has 0 bridgehead atoms. The highest BCUT2D eigenvalue weighted by Gasteiger charge is 2.48. The van der Waals surface area contributed by atoms with Crippen LogP contribution in [0.4, 0.5) is 4.79 Å². The molecule has 1 spiro atoms. The lowest BCUT2D eigenvalue weighted by Gasteiger charge is -2.37. The number of benzene rings is 1. The second kappa shape index (κ2) is 6.61. The molecule has 0 radical (unpaired) electrons. The van der Waals surface area contributed by atoms with Crippen LogP contribution in [-0.4, -0.2) is 56.8 Å². The summed E-state index contributed by atoms with van der Waals surface area (Å²) in [5.41, 5.74) is 0.606. The van der Waals surface area contributed by atoms with Crippen LogP contribution in [0.5, 0.6) is 0 Å². The number of likely N-dealkylation sites (tertiary alicyclic amines) is 1. The SMILES string of the molecule is CNS(=O)(=O)c1cc(C(=O)N2CCC3(CC2)NC(=O)NC3=O)cc(C)c1C. The Kier molecular flexibility index (Phi) is 4.73. The van der Waals surface area contributed by atoms with Crippen LogP contribution < -0.4 is 15.4 Å². The van der Waals surface area contributed by atoms with E-state index in [2.05, 4.69) is 15.4 Å². The van der Waals surface area contributed by atoms with Crippen LogP contribution in [0.3, 0.4) is 0 Å². The zero-order valence-corrected chi connectivity index (χ0v) is 16.2. The van der Waals surface area contributed by atoms with Gasteiger partial charge in [0.25, 0.3) is 11.8 Å². The Morgan fingerprint density at radius 1 is 1.19 bits per heavy atom. The third-order valence-electron chi connectivity index (χ3n) is 5.34. The van der Waals surface area contributed by atoms with Crippen LogP contribution in [0.25, 0.3) is 0 Å². The van der Waals surface area contributed by atoms with E-state index in [-0.39, 0.29) is 35.4 Å². The van der Waals surface area contributed by atoms with Crippen molar-refractivity contribution in [2.75, 3.05) is 20.1 Å². The quantitative estimate of drug-likeness (QED) is 0.624. The predicted octanol–water partition coefficient (Wildman–Crippen LogP) is 0.0257. The van der Waals surface area contributed by atoms with E-state index < -0.39 is 21.6 Å². The molecule has 2 aliphatic rings. The smallest absolute Gasteiger partial charge is 0.322 e. The Labute approximate surface area is 157 Å². The molecule has 0 saturated carbocycles. The molecule has 0 atom stereocenters. The van der Waals surface area contributed by atoms with Gasteiger partial charge in [0.1, 0.15) is 5.54 Å². The number of piperidine rings is 1. The van der Waals surface area contributed by atoms with Crippen molar-refractivity contribution < 1.29 is 22.8 Å². The largest absolute Gasteiger partial charge is 0.338 e. The van der Waals surface area contributed by atoms with Crippen molar-refractivity contribution in [2.24, 2.45) is 0 Å². The van der Waals surface area contributed by atoms with Gasteiger partial charge in [-0.3, -0.25) is 14.9 Å². The van der Waals surface area contributed by atoms with E-state index >= 15 is 0 Å². The second-order valence-electron chi connectivity index (χ2n) is 6.91. The molecule has 3 N–H and O–H groups in total. The highest BCUT2D eigenvalue weighted by Crippen LogP contribution is 2.27. The zero-order valence-electron chi connectivity index (χ0n) is 15.4. The summed E-state index contributed by atoms with van der Waals surface area (Å²) in [7, 11) is -2.37. The Hall–Kier alpha value is -2.46. The van der Waals surface area contributed by atoms with Gasteiger partial charge in [-0.1, -0.05) is 0 Å². The number of hydrogen-bond acceptors (Lipinski definition) is 5. The second-order valence-corrected chi connectivity index (χ2v) is 8.76. The standard InChI is InChI=1S/C17H22N4O5S/c1-10-8-12(9-13(11(10)2)27(25,26)18-3)14(22)21-6-4-17(5-7-21)15(23)19-16(24)20-17/h8-9,18H,4-7H2,1-3H3,(H2,19,20,23,24). The van der Waals surface area contributed by atoms with Crippen molar-refractivity contribution in [2.45, 2.75) is 37.1 Å². The van der Waals surface area contributed by atoms with Crippen LogP contribution >= 0.6 is 0 Å². The molecule has 0 aliphatic carbocycles. The van der Waals surface area contributed by atoms with Crippen molar-refractivity contribution in [3.63, 3.8) is 0 Å². The maximum atomic E-state index is 12.9. The normalized spacial score (nSPS) is 19.1. The number of carbonyl (C=O) groups is 3. The van der Waals surface area contributed by atoms with Crippen LogP contribution in [0.15, 0.2) is 17.0 Å². The van der Waals surface area contributed by atoms with Gasteiger partial charge < -0.3 is 10.2 Å². The van der Waals surface area contributed by atoms with E-state index in [0.717, 1.165) is 0 Å². The number of imide groups is 1. The lowest BCUT2D eigenvalue weighted by Crippen LogP contribution is -2.55. The number of aryl methyl sites for hydroxylation is 1. The van der Waals surface area contributed by atoms with E-state index in [1.807, 2.05) is 0 Å². The minimum atomic E-state index is -3.69. The first-order valence-corrected chi connectivity index (χ1v) is 10.1. The number of amides is 4. The molecule has 2 saturated heterocycles. The molecule has 1 aromatic rings. The number of nitrogens with zero attached hydrogens (tertiary/aromatic N) is 1. The van der Waals surface area contributed by atoms with E-state index in [4.69, 9.17) is 0 Å². The van der Waals surface area contributed by atoms with Crippen LogP contribution in [-0.2, 0) is 14.8 Å². The van der Waals surface area contributed by atoms with Crippen molar-refractivity contribution in [3.8, 4) is 0 Å². The summed E-state index contributed by atoms with van der Waals surface area (Å²) in [5, 5.41) is 4.88. The van der Waals surface area contributed by atoms with Gasteiger partial charge in [-0.05, 0) is 57.0 Å². The highest BCUT2D eigenvalue weighted by molar-refractivity contribution is 7.89. The first kappa shape index (κ1) is 19.3. The van der Waals surface area contributed by atoms with Crippen molar-refractivity contribution >= 4 is 27.9 Å². The summed E-state index contributed by atoms with van der Waals surface area (Å²) in [4.78, 5) is 38.0. The Morgan fingerprint density at radius 3 is 2.33 bits per heavy atom. The third-order valence-corrected chi connectivity index (χ3v) is 6.88. The first-order chi connectivity index (χ1) is 12.6. The molecule has 27 heavy (non-hydrogen) atoms. The number of nitrogens with one attached hydrogen (secondary N) is 3. The summed E-state index contributed by atoms with van der Waals surface area (Å²) in [6.07, 6.45) is 0.617. The number of hydrogen-bond donors (Lipinski definition) is 3. The number of sulfonamides is 1. The molecule has 2 heterocycles. The summed E-state index contributed by atoms with van der Waals surface area (Å²) in [6.45, 7) is 4.02. The van der Waals surface area contributed by atoms with E-state index in [9.17, 15) is 22.8 Å². The average molecular weight is 394 g/mol. The van der Waals surface area contributed by atoms with Crippen molar-refractivity contribution in [1.82, 2.24) is 20.3 Å². The van der Waals surface area contributed by atoms with E-state index in [1.54, 1.807) is 24.8 Å². The number of carbonyl (C=O) groups excluding carboxylic acids is 3. The summed E-state index contributed by atoms with van der Waals surface area (Å²) < 4.78 is 26.8. The van der Waals surface area contributed by atoms with Crippen molar-refractivity contribution in [3.05, 3.63) is 28.8 Å². The Bertz CT molecular complexity index is 933. The summed E-state index contributed by atoms with van der Waals surface area (Å²) in [5.74, 6) is -0.668. The molecule has 10 heteroatoms. The monoisotopic (exact) mass is 394 g/mol. The van der Waals surface area contributed by atoms with Gasteiger partial charge in [0.15, 0.2) is 0 Å². The lowest BCUT2D eigenvalue weighted by molar-refractivity contribution is -0.125. The average Bonchev–Trinajstić information content (AvgIpc) is 2.90. The number of rotatable bonds is 3. The predicted molar refractivity (Wildman–Crippen MR) is 96.7 cm³/mol. The maximum absolute atomic E-state index is 12.9. The minimum Gasteiger partial charge on any atom is -0.338 e. The van der Waals surface area contributed by atoms with Crippen LogP contribution in [0.2, 0.25) is 0 Å². The summed E-state index contributed by atoms with van der Waals surface area (Å²) in [6, 6.07) is 2.53. The van der Waals surface area contributed by atoms with Gasteiger partial charge in [0.05, 0.1) is 4.90 Å². The molecule has 0 aromatic heterocycles. The third kappa shape index (κ3) is 3.30. The zero-order chi connectivity index (χ0) is 20.0. The van der Waals surface area contributed by atoms with Gasteiger partial charge in [-0.25, -0.2) is 17.9 Å². The number of urea groups is 1. The molecule has 2 aliphatic heterocycles. The molecule has 146 valence electrons. The van der Waals surface area contributed by atoms with E-state index in [1.165, 1.54) is 13.1 Å². The molecular formula is C17H22N4O5S. The molecule has 3 rings (SSSR count). The van der Waals surface area contributed by atoms with Crippen molar-refractivity contribution in [1.29, 1.82) is 0 Å². The van der Waals surface area contributed by atoms with Gasteiger partial charge >= 0.3 is 6.03 Å². The van der Waals surface area contributed by atoms with Crippen LogP contribution in [0.1, 0.15) is 34.3 Å². The molecule has 9 nitrogen and oxygen atoms in total. The fourth-order valence-electron chi connectivity index (χ4n) is 3.49. The van der Waals surface area contributed by atoms with Crippen LogP contribution in [0, 0.1) is 13.8 Å². The molecule has 4 amide bonds. The van der Waals surface area contributed by atoms with Gasteiger partial charge in [-0.15, -0.1) is 0 Å². The van der Waals surface area contributed by atoms with Gasteiger partial charge in [0, 0.05) is 18.7 Å². The van der Waals surface area contributed by atoms with Gasteiger partial charge in [-0.2, -0.15) is 0 Å². The summed E-state index contributed by atoms with van der Waals surface area (Å²) >= 11 is 0. The maximum Gasteiger partial charge on any atom is 0.322 e. The van der Waals surface area contributed by atoms with E-state index in [0.29, 0.717) is 24.0 Å². The van der Waals surface area contributed by atoms with Gasteiger partial charge in [0.2, 0.25) is 10.0 Å². The fourth-order valence-corrected chi connectivity index (χ4v) is 4.56. The molecule has 1 aromatic carbocycles. The first-order valence-electron chi connectivity index (χ1n) is 8.57. The minimum absolute atomic E-state index is 0.0734. The Morgan fingerprint density at radius 2 is 1.81 bits per heavy atom.